The summed E-state index contributed by atoms with van der Waals surface area (Å²) in [7, 11) is 1.60. The quantitative estimate of drug-likeness (QED) is 0.805. The molecule has 0 aliphatic carbocycles. The molecule has 1 aromatic carbocycles. The van der Waals surface area contributed by atoms with E-state index < -0.39 is 0 Å². The van der Waals surface area contributed by atoms with E-state index in [1.165, 1.54) is 5.01 Å². The van der Waals surface area contributed by atoms with E-state index >= 15 is 0 Å². The number of hydrogen-bond acceptors (Lipinski definition) is 3. The second kappa shape index (κ2) is 7.26. The van der Waals surface area contributed by atoms with Gasteiger partial charge in [-0.15, -0.1) is 0 Å². The molecule has 0 fully saturated rings. The standard InChI is InChI=1S/C16H17ClN2O2/c1-3-14(21-2)10-11-19-16(20)9-8-15(18-19)12-4-6-13(17)7-5-12/h4-7,14H,3,8-9H2,1-2H3. The highest BCUT2D eigenvalue weighted by Crippen LogP contribution is 2.17. The number of amides is 1. The van der Waals surface area contributed by atoms with Crippen molar-refractivity contribution in [1.29, 1.82) is 0 Å². The Hall–Kier alpha value is -1.83. The van der Waals surface area contributed by atoms with Gasteiger partial charge in [-0.05, 0) is 30.0 Å². The largest absolute Gasteiger partial charge is 0.369 e. The van der Waals surface area contributed by atoms with Crippen molar-refractivity contribution < 1.29 is 9.53 Å². The monoisotopic (exact) mass is 304 g/mol. The molecule has 2 rings (SSSR count). The summed E-state index contributed by atoms with van der Waals surface area (Å²) in [5.74, 6) is 2.81. The van der Waals surface area contributed by atoms with Gasteiger partial charge in [0.2, 0.25) is 0 Å². The number of nitrogens with zero attached hydrogens (tertiary/aromatic N) is 2. The predicted octanol–water partition coefficient (Wildman–Crippen LogP) is 3.05. The highest BCUT2D eigenvalue weighted by Gasteiger charge is 2.20. The van der Waals surface area contributed by atoms with Crippen LogP contribution in [0, 0.1) is 12.0 Å². The zero-order valence-electron chi connectivity index (χ0n) is 12.1. The summed E-state index contributed by atoms with van der Waals surface area (Å²) in [5, 5.41) is 6.22. The van der Waals surface area contributed by atoms with Crippen LogP contribution in [0.5, 0.6) is 0 Å². The Morgan fingerprint density at radius 1 is 1.38 bits per heavy atom. The first-order chi connectivity index (χ1) is 10.1. The molecule has 0 saturated carbocycles. The van der Waals surface area contributed by atoms with E-state index in [0.717, 1.165) is 17.7 Å². The van der Waals surface area contributed by atoms with Crippen molar-refractivity contribution in [2.24, 2.45) is 5.10 Å². The molecule has 1 unspecified atom stereocenters. The first-order valence-corrected chi connectivity index (χ1v) is 7.22. The molecule has 21 heavy (non-hydrogen) atoms. The van der Waals surface area contributed by atoms with Crippen molar-refractivity contribution in [2.75, 3.05) is 7.11 Å². The van der Waals surface area contributed by atoms with Crippen molar-refractivity contribution in [3.8, 4) is 12.0 Å². The predicted molar refractivity (Wildman–Crippen MR) is 82.9 cm³/mol. The number of ether oxygens (including phenoxy) is 1. The lowest BCUT2D eigenvalue weighted by Gasteiger charge is -2.18. The van der Waals surface area contributed by atoms with Gasteiger partial charge < -0.3 is 4.74 Å². The van der Waals surface area contributed by atoms with Crippen molar-refractivity contribution in [1.82, 2.24) is 5.01 Å². The molecule has 1 amide bonds. The van der Waals surface area contributed by atoms with E-state index in [4.69, 9.17) is 16.3 Å². The highest BCUT2D eigenvalue weighted by atomic mass is 35.5. The molecule has 0 spiro atoms. The topological polar surface area (TPSA) is 41.9 Å². The first kappa shape index (κ1) is 15.6. The smallest absolute Gasteiger partial charge is 0.255 e. The van der Waals surface area contributed by atoms with Gasteiger partial charge in [-0.2, -0.15) is 10.1 Å². The average molecular weight is 305 g/mol. The summed E-state index contributed by atoms with van der Waals surface area (Å²) in [4.78, 5) is 11.9. The Morgan fingerprint density at radius 2 is 2.10 bits per heavy atom. The molecule has 5 heteroatoms. The van der Waals surface area contributed by atoms with Crippen LogP contribution in [0.25, 0.3) is 0 Å². The highest BCUT2D eigenvalue weighted by molar-refractivity contribution is 6.30. The molecule has 1 aromatic rings. The molecular formula is C16H17ClN2O2. The Kier molecular flexibility index (Phi) is 5.38. The minimum atomic E-state index is -0.186. The van der Waals surface area contributed by atoms with Gasteiger partial charge in [-0.25, -0.2) is 0 Å². The Morgan fingerprint density at radius 3 is 2.71 bits per heavy atom. The summed E-state index contributed by atoms with van der Waals surface area (Å²) < 4.78 is 5.18. The van der Waals surface area contributed by atoms with Crippen LogP contribution in [0.4, 0.5) is 0 Å². The van der Waals surface area contributed by atoms with Crippen LogP contribution >= 0.6 is 11.6 Å². The van der Waals surface area contributed by atoms with Crippen LogP contribution in [0.1, 0.15) is 31.7 Å². The van der Waals surface area contributed by atoms with Gasteiger partial charge in [-0.1, -0.05) is 30.7 Å². The van der Waals surface area contributed by atoms with E-state index in [2.05, 4.69) is 17.1 Å². The lowest BCUT2D eigenvalue weighted by atomic mass is 10.0. The van der Waals surface area contributed by atoms with Crippen LogP contribution in [0.2, 0.25) is 5.02 Å². The number of hydrogen-bond donors (Lipinski definition) is 0. The minimum absolute atomic E-state index is 0.0915. The van der Waals surface area contributed by atoms with Crippen molar-refractivity contribution >= 4 is 23.2 Å². The lowest BCUT2D eigenvalue weighted by molar-refractivity contribution is -0.128. The fourth-order valence-electron chi connectivity index (χ4n) is 1.95. The van der Waals surface area contributed by atoms with Gasteiger partial charge in [-0.3, -0.25) is 4.79 Å². The van der Waals surface area contributed by atoms with Crippen LogP contribution in [0.15, 0.2) is 29.4 Å². The molecule has 0 radical (unpaired) electrons. The van der Waals surface area contributed by atoms with Crippen LogP contribution in [-0.2, 0) is 9.53 Å². The third kappa shape index (κ3) is 4.07. The molecule has 110 valence electrons. The molecule has 1 atom stereocenters. The van der Waals surface area contributed by atoms with Crippen LogP contribution < -0.4 is 0 Å². The van der Waals surface area contributed by atoms with E-state index in [-0.39, 0.29) is 12.0 Å². The number of methoxy groups -OCH3 is 1. The van der Waals surface area contributed by atoms with Gasteiger partial charge in [0.1, 0.15) is 6.10 Å². The summed E-state index contributed by atoms with van der Waals surface area (Å²) in [6, 6.07) is 10.2. The van der Waals surface area contributed by atoms with Gasteiger partial charge in [0, 0.05) is 31.0 Å². The van der Waals surface area contributed by atoms with Crippen LogP contribution in [0.3, 0.4) is 0 Å². The summed E-state index contributed by atoms with van der Waals surface area (Å²) >= 11 is 5.88. The average Bonchev–Trinajstić information content (AvgIpc) is 2.51. The zero-order chi connectivity index (χ0) is 15.2. The first-order valence-electron chi connectivity index (χ1n) is 6.84. The van der Waals surface area contributed by atoms with Gasteiger partial charge in [0.15, 0.2) is 0 Å². The summed E-state index contributed by atoms with van der Waals surface area (Å²) in [6.07, 6.45) is 1.59. The number of carbonyl (C=O) groups excluding carboxylic acids is 1. The van der Waals surface area contributed by atoms with Gasteiger partial charge >= 0.3 is 0 Å². The third-order valence-corrected chi connectivity index (χ3v) is 3.45. The minimum Gasteiger partial charge on any atom is -0.369 e. The number of hydrazone groups is 1. The number of rotatable bonds is 3. The summed E-state index contributed by atoms with van der Waals surface area (Å²) in [6.45, 7) is 1.98. The van der Waals surface area contributed by atoms with E-state index in [9.17, 15) is 4.79 Å². The zero-order valence-corrected chi connectivity index (χ0v) is 12.9. The molecule has 0 saturated heterocycles. The van der Waals surface area contributed by atoms with Gasteiger partial charge in [0.25, 0.3) is 5.91 Å². The van der Waals surface area contributed by atoms with Crippen LogP contribution in [-0.4, -0.2) is 29.8 Å². The fourth-order valence-corrected chi connectivity index (χ4v) is 2.08. The Labute approximate surface area is 129 Å². The third-order valence-electron chi connectivity index (χ3n) is 3.20. The fraction of sp³-hybridized carbons (Fsp3) is 0.375. The number of carbonyl (C=O) groups is 1. The van der Waals surface area contributed by atoms with E-state index in [1.54, 1.807) is 7.11 Å². The molecular weight excluding hydrogens is 288 g/mol. The second-order valence-corrected chi connectivity index (χ2v) is 5.08. The normalized spacial score (nSPS) is 16.0. The molecule has 0 N–H and O–H groups in total. The molecule has 4 nitrogen and oxygen atoms in total. The molecule has 1 heterocycles. The van der Waals surface area contributed by atoms with Crippen molar-refractivity contribution in [2.45, 2.75) is 32.3 Å². The SMILES string of the molecule is CCC(C#CN1N=C(c2ccc(Cl)cc2)CCC1=O)OC. The number of halogens is 1. The molecule has 0 aromatic heterocycles. The van der Waals surface area contributed by atoms with Crippen molar-refractivity contribution in [3.63, 3.8) is 0 Å². The molecule has 0 bridgehead atoms. The number of benzene rings is 1. The summed E-state index contributed by atoms with van der Waals surface area (Å²) in [5.41, 5.74) is 1.79. The van der Waals surface area contributed by atoms with E-state index in [0.29, 0.717) is 17.9 Å². The molecule has 1 aliphatic heterocycles. The van der Waals surface area contributed by atoms with Crippen molar-refractivity contribution in [3.05, 3.63) is 34.9 Å². The Bertz CT molecular complexity index is 595. The lowest BCUT2D eigenvalue weighted by Crippen LogP contribution is -2.28. The maximum absolute atomic E-state index is 11.9. The second-order valence-electron chi connectivity index (χ2n) is 4.65. The Balaban J connectivity index is 2.22. The van der Waals surface area contributed by atoms with Gasteiger partial charge in [0.05, 0.1) is 5.71 Å². The maximum Gasteiger partial charge on any atom is 0.255 e. The van der Waals surface area contributed by atoms with E-state index in [1.807, 2.05) is 31.2 Å². The maximum atomic E-state index is 11.9. The molecule has 1 aliphatic rings.